The van der Waals surface area contributed by atoms with Crippen molar-refractivity contribution in [3.63, 3.8) is 0 Å². The van der Waals surface area contributed by atoms with E-state index in [2.05, 4.69) is 88.8 Å². The molecule has 0 radical (unpaired) electrons. The number of hydrogen-bond acceptors (Lipinski definition) is 5. The summed E-state index contributed by atoms with van der Waals surface area (Å²) in [4.78, 5) is 1.25. The highest BCUT2D eigenvalue weighted by molar-refractivity contribution is 8.06. The Balaban J connectivity index is 1.96. The summed E-state index contributed by atoms with van der Waals surface area (Å²) in [7, 11) is -0.618. The van der Waals surface area contributed by atoms with Crippen molar-refractivity contribution >= 4 is 26.0 Å². The van der Waals surface area contributed by atoms with Gasteiger partial charge in [-0.2, -0.15) is 0 Å². The summed E-state index contributed by atoms with van der Waals surface area (Å²) >= 11 is 1.89. The molecule has 3 aliphatic heterocycles. The molecule has 3 heterocycles. The molecule has 0 aromatic carbocycles. The highest BCUT2D eigenvalue weighted by Crippen LogP contribution is 2.60. The first-order valence-electron chi connectivity index (χ1n) is 11.8. The van der Waals surface area contributed by atoms with Crippen LogP contribution in [-0.2, 0) is 18.6 Å². The van der Waals surface area contributed by atoms with E-state index in [0.717, 1.165) is 24.8 Å². The second-order valence-electron chi connectivity index (χ2n) is 11.8. The van der Waals surface area contributed by atoms with Crippen LogP contribution in [-0.4, -0.2) is 41.3 Å². The van der Waals surface area contributed by atoms with Gasteiger partial charge < -0.3 is 18.6 Å². The van der Waals surface area contributed by atoms with Gasteiger partial charge in [-0.1, -0.05) is 39.0 Å². The molecule has 3 aliphatic rings. The Hall–Kier alpha value is -0.200. The molecule has 31 heavy (non-hydrogen) atoms. The van der Waals surface area contributed by atoms with Crippen LogP contribution in [0.3, 0.4) is 0 Å². The highest BCUT2D eigenvalue weighted by atomic mass is 32.2. The number of thioether (sulfide) groups is 1. The molecule has 2 atom stereocenters. The van der Waals surface area contributed by atoms with Crippen LogP contribution in [0.15, 0.2) is 23.1 Å². The topological polar surface area (TPSA) is 36.9 Å². The Bertz CT molecular complexity index is 744. The van der Waals surface area contributed by atoms with E-state index in [1.165, 1.54) is 4.91 Å². The molecule has 0 amide bonds. The van der Waals surface area contributed by atoms with Crippen LogP contribution in [0, 0.1) is 0 Å². The largest absolute Gasteiger partial charge is 0.475 e. The molecule has 0 bridgehead atoms. The number of allylic oxidation sites excluding steroid dienone is 3. The van der Waals surface area contributed by atoms with E-state index < -0.39 is 0 Å². The zero-order valence-electron chi connectivity index (χ0n) is 21.6. The zero-order valence-corrected chi connectivity index (χ0v) is 22.4. The van der Waals surface area contributed by atoms with Crippen molar-refractivity contribution in [2.24, 2.45) is 0 Å². The number of hydrogen-bond donors (Lipinski definition) is 0. The van der Waals surface area contributed by atoms with Crippen LogP contribution < -0.4 is 0 Å². The van der Waals surface area contributed by atoms with Gasteiger partial charge >= 0.3 is 14.2 Å². The normalized spacial score (nSPS) is 33.4. The third-order valence-electron chi connectivity index (χ3n) is 8.53. The molecule has 4 nitrogen and oxygen atoms in total. The predicted octanol–water partition coefficient (Wildman–Crippen LogP) is 6.61. The summed E-state index contributed by atoms with van der Waals surface area (Å²) in [6, 6.07) is 0. The van der Waals surface area contributed by atoms with Crippen molar-refractivity contribution in [3.8, 4) is 0 Å². The lowest BCUT2D eigenvalue weighted by atomic mass is 9.56. The van der Waals surface area contributed by atoms with Gasteiger partial charge in [0.05, 0.1) is 27.1 Å². The van der Waals surface area contributed by atoms with E-state index in [0.29, 0.717) is 0 Å². The maximum absolute atomic E-state index is 6.56. The van der Waals surface area contributed by atoms with Gasteiger partial charge in [0.25, 0.3) is 0 Å². The van der Waals surface area contributed by atoms with Crippen LogP contribution in [0.4, 0.5) is 0 Å². The average molecular weight is 448 g/mol. The maximum atomic E-state index is 6.56. The third kappa shape index (κ3) is 4.01. The third-order valence-corrected chi connectivity index (χ3v) is 10.4. The van der Waals surface area contributed by atoms with E-state index in [-0.39, 0.29) is 46.6 Å². The number of rotatable bonds is 5. The van der Waals surface area contributed by atoms with Crippen molar-refractivity contribution in [1.82, 2.24) is 0 Å². The Morgan fingerprint density at radius 3 is 1.77 bits per heavy atom. The highest BCUT2D eigenvalue weighted by Gasteiger charge is 2.63. The van der Waals surface area contributed by atoms with Gasteiger partial charge in [-0.15, -0.1) is 11.8 Å². The summed E-state index contributed by atoms with van der Waals surface area (Å²) in [6.45, 7) is 28.1. The van der Waals surface area contributed by atoms with Gasteiger partial charge in [-0.25, -0.2) is 0 Å². The van der Waals surface area contributed by atoms with Crippen LogP contribution >= 0.6 is 11.8 Å². The molecule has 2 fully saturated rings. The Kier molecular flexibility index (Phi) is 6.28. The van der Waals surface area contributed by atoms with Crippen LogP contribution in [0.25, 0.3) is 0 Å². The van der Waals surface area contributed by atoms with Gasteiger partial charge in [0, 0.05) is 5.31 Å². The van der Waals surface area contributed by atoms with Gasteiger partial charge in [0.2, 0.25) is 0 Å². The SMILES string of the molecule is C=C1C=C(C(C)(CC)B2OC(C)(C)C(C)(C)O2)SC(CC)(B2OC(C)(C)C(C)(C)O2)C1. The summed E-state index contributed by atoms with van der Waals surface area (Å²) < 4.78 is 26.0. The molecule has 7 heteroatoms. The van der Waals surface area contributed by atoms with E-state index >= 15 is 0 Å². The predicted molar refractivity (Wildman–Crippen MR) is 133 cm³/mol. The fourth-order valence-corrected chi connectivity index (χ4v) is 6.03. The Morgan fingerprint density at radius 2 is 1.35 bits per heavy atom. The molecule has 0 aromatic rings. The molecule has 2 saturated heterocycles. The minimum Gasteiger partial charge on any atom is -0.403 e. The molecule has 0 N–H and O–H groups in total. The average Bonchev–Trinajstić information content (AvgIpc) is 3.00. The second-order valence-corrected chi connectivity index (χ2v) is 13.3. The fourth-order valence-electron chi connectivity index (χ4n) is 4.30. The molecular weight excluding hydrogens is 406 g/mol. The Labute approximate surface area is 195 Å². The fraction of sp³-hybridized carbons (Fsp3) is 0.833. The molecule has 2 unspecified atom stereocenters. The van der Waals surface area contributed by atoms with E-state index in [9.17, 15) is 0 Å². The van der Waals surface area contributed by atoms with Gasteiger partial charge in [-0.05, 0) is 79.6 Å². The summed E-state index contributed by atoms with van der Waals surface area (Å²) in [6.07, 6.45) is 4.92. The molecule has 0 saturated carbocycles. The van der Waals surface area contributed by atoms with E-state index in [1.807, 2.05) is 11.8 Å². The standard InChI is InChI=1S/C24H42B2O4S/c1-13-23(12,25-27-19(4,5)20(6,7)28-25)18-15-17(3)16-24(14-2,31-18)26-29-21(8,9)22(10,11)30-26/h15H,3,13-14,16H2,1-2,4-12H3. The molecular formula is C24H42B2O4S. The minimum absolute atomic E-state index is 0.230. The first-order chi connectivity index (χ1) is 14.0. The molecule has 174 valence electrons. The molecule has 0 aliphatic carbocycles. The first kappa shape index (κ1) is 25.4. The van der Waals surface area contributed by atoms with Crippen LogP contribution in [0.2, 0.25) is 5.31 Å². The van der Waals surface area contributed by atoms with Gasteiger partial charge in [0.15, 0.2) is 0 Å². The monoisotopic (exact) mass is 448 g/mol. The summed E-state index contributed by atoms with van der Waals surface area (Å²) in [5.74, 6) is 0. The van der Waals surface area contributed by atoms with E-state index in [1.54, 1.807) is 0 Å². The second kappa shape index (κ2) is 7.66. The first-order valence-corrected chi connectivity index (χ1v) is 12.6. The molecule has 0 spiro atoms. The Morgan fingerprint density at radius 1 is 0.903 bits per heavy atom. The van der Waals surface area contributed by atoms with Crippen molar-refractivity contribution in [2.45, 2.75) is 128 Å². The zero-order chi connectivity index (χ0) is 23.7. The lowest BCUT2D eigenvalue weighted by Gasteiger charge is -2.43. The quantitative estimate of drug-likeness (QED) is 0.443. The van der Waals surface area contributed by atoms with Crippen molar-refractivity contribution < 1.29 is 18.6 Å². The van der Waals surface area contributed by atoms with Crippen molar-refractivity contribution in [3.05, 3.63) is 23.1 Å². The van der Waals surface area contributed by atoms with Gasteiger partial charge in [0.1, 0.15) is 0 Å². The smallest absolute Gasteiger partial charge is 0.403 e. The lowest BCUT2D eigenvalue weighted by Crippen LogP contribution is -2.48. The molecule has 0 aromatic heterocycles. The minimum atomic E-state index is -0.363. The summed E-state index contributed by atoms with van der Waals surface area (Å²) in [5.41, 5.74) is -0.329. The maximum Gasteiger partial charge on any atom is 0.475 e. The van der Waals surface area contributed by atoms with Crippen LogP contribution in [0.5, 0.6) is 0 Å². The van der Waals surface area contributed by atoms with E-state index in [4.69, 9.17) is 18.6 Å². The summed E-state index contributed by atoms with van der Waals surface area (Å²) in [5, 5.41) is -0.289. The van der Waals surface area contributed by atoms with Gasteiger partial charge in [-0.3, -0.25) is 0 Å². The van der Waals surface area contributed by atoms with Crippen molar-refractivity contribution in [1.29, 1.82) is 0 Å². The van der Waals surface area contributed by atoms with Crippen molar-refractivity contribution in [2.75, 3.05) is 0 Å². The van der Waals surface area contributed by atoms with Crippen LogP contribution in [0.1, 0.15) is 95.4 Å². The lowest BCUT2D eigenvalue weighted by molar-refractivity contribution is 0.00578. The molecule has 3 rings (SSSR count).